The van der Waals surface area contributed by atoms with Crippen LogP contribution in [0.3, 0.4) is 0 Å². The number of aryl methyl sites for hydroxylation is 1. The van der Waals surface area contributed by atoms with E-state index in [0.29, 0.717) is 0 Å². The van der Waals surface area contributed by atoms with Crippen LogP contribution in [0.4, 0.5) is 0 Å². The summed E-state index contributed by atoms with van der Waals surface area (Å²) in [7, 11) is -3.60. The topological polar surface area (TPSA) is 75.3 Å². The molecular formula is C12H16N2O3S. The van der Waals surface area contributed by atoms with Gasteiger partial charge in [-0.25, -0.2) is 13.1 Å². The summed E-state index contributed by atoms with van der Waals surface area (Å²) < 4.78 is 26.0. The summed E-state index contributed by atoms with van der Waals surface area (Å²) in [6.07, 6.45) is 1.97. The smallest absolute Gasteiger partial charge is 0.241 e. The second-order valence-electron chi connectivity index (χ2n) is 4.48. The third-order valence-corrected chi connectivity index (χ3v) is 4.11. The minimum atomic E-state index is -3.60. The molecule has 1 saturated carbocycles. The molecule has 1 amide bonds. The summed E-state index contributed by atoms with van der Waals surface area (Å²) in [6, 6.07) is 6.73. The van der Waals surface area contributed by atoms with E-state index >= 15 is 0 Å². The van der Waals surface area contributed by atoms with Crippen LogP contribution >= 0.6 is 0 Å². The van der Waals surface area contributed by atoms with Gasteiger partial charge in [-0.1, -0.05) is 17.7 Å². The second-order valence-corrected chi connectivity index (χ2v) is 6.25. The lowest BCUT2D eigenvalue weighted by Gasteiger charge is -2.07. The number of amides is 1. The lowest BCUT2D eigenvalue weighted by Crippen LogP contribution is -2.37. The van der Waals surface area contributed by atoms with E-state index in [1.807, 2.05) is 6.92 Å². The van der Waals surface area contributed by atoms with Crippen LogP contribution in [0.15, 0.2) is 29.2 Å². The zero-order valence-corrected chi connectivity index (χ0v) is 11.0. The molecule has 0 aliphatic heterocycles. The van der Waals surface area contributed by atoms with Crippen molar-refractivity contribution in [3.63, 3.8) is 0 Å². The van der Waals surface area contributed by atoms with Gasteiger partial charge in [0.15, 0.2) is 0 Å². The van der Waals surface area contributed by atoms with Crippen molar-refractivity contribution in [2.24, 2.45) is 0 Å². The van der Waals surface area contributed by atoms with E-state index in [4.69, 9.17) is 0 Å². The number of carbonyl (C=O) groups is 1. The molecular weight excluding hydrogens is 252 g/mol. The second kappa shape index (κ2) is 5.07. The van der Waals surface area contributed by atoms with Crippen molar-refractivity contribution >= 4 is 15.9 Å². The summed E-state index contributed by atoms with van der Waals surface area (Å²) in [5.74, 6) is -0.284. The zero-order chi connectivity index (χ0) is 13.2. The summed E-state index contributed by atoms with van der Waals surface area (Å²) in [5, 5.41) is 2.72. The first-order chi connectivity index (χ1) is 8.47. The Hall–Kier alpha value is -1.40. The van der Waals surface area contributed by atoms with Crippen LogP contribution < -0.4 is 10.0 Å². The van der Waals surface area contributed by atoms with Crippen molar-refractivity contribution in [2.45, 2.75) is 30.7 Å². The van der Waals surface area contributed by atoms with E-state index in [1.165, 1.54) is 12.1 Å². The van der Waals surface area contributed by atoms with E-state index in [9.17, 15) is 13.2 Å². The number of sulfonamides is 1. The first-order valence-corrected chi connectivity index (χ1v) is 7.31. The van der Waals surface area contributed by atoms with Crippen LogP contribution in [-0.4, -0.2) is 26.9 Å². The van der Waals surface area contributed by atoms with Crippen molar-refractivity contribution in [2.75, 3.05) is 6.54 Å². The van der Waals surface area contributed by atoms with Gasteiger partial charge in [0.05, 0.1) is 11.4 Å². The lowest BCUT2D eigenvalue weighted by molar-refractivity contribution is -0.120. The predicted octanol–water partition coefficient (Wildman–Crippen LogP) is 0.552. The molecule has 1 aliphatic rings. The van der Waals surface area contributed by atoms with Crippen molar-refractivity contribution < 1.29 is 13.2 Å². The Bertz CT molecular complexity index is 533. The van der Waals surface area contributed by atoms with Crippen LogP contribution in [0.1, 0.15) is 18.4 Å². The standard InChI is InChI=1S/C12H16N2O3S/c1-9-2-6-11(7-3-9)18(16,17)13-8-12(15)14-10-4-5-10/h2-3,6-7,10,13H,4-5,8H2,1H3,(H,14,15). The van der Waals surface area contributed by atoms with E-state index in [2.05, 4.69) is 10.0 Å². The Morgan fingerprint density at radius 3 is 2.44 bits per heavy atom. The molecule has 1 aromatic carbocycles. The molecule has 0 saturated heterocycles. The van der Waals surface area contributed by atoms with E-state index in [0.717, 1.165) is 18.4 Å². The third kappa shape index (κ3) is 3.54. The Morgan fingerprint density at radius 2 is 1.89 bits per heavy atom. The normalized spacial score (nSPS) is 15.4. The average molecular weight is 268 g/mol. The van der Waals surface area contributed by atoms with E-state index in [-0.39, 0.29) is 23.4 Å². The first-order valence-electron chi connectivity index (χ1n) is 5.83. The minimum absolute atomic E-state index is 0.173. The van der Waals surface area contributed by atoms with Crippen LogP contribution in [0.5, 0.6) is 0 Å². The van der Waals surface area contributed by atoms with Crippen LogP contribution in [0.2, 0.25) is 0 Å². The van der Waals surface area contributed by atoms with Gasteiger partial charge in [-0.3, -0.25) is 4.79 Å². The summed E-state index contributed by atoms with van der Waals surface area (Å²) in [4.78, 5) is 11.6. The molecule has 0 unspecified atom stereocenters. The van der Waals surface area contributed by atoms with E-state index < -0.39 is 10.0 Å². The van der Waals surface area contributed by atoms with Crippen molar-refractivity contribution in [3.8, 4) is 0 Å². The molecule has 0 spiro atoms. The third-order valence-electron chi connectivity index (χ3n) is 2.70. The molecule has 6 heteroatoms. The predicted molar refractivity (Wildman–Crippen MR) is 67.5 cm³/mol. The average Bonchev–Trinajstić information content (AvgIpc) is 3.11. The fourth-order valence-corrected chi connectivity index (χ4v) is 2.45. The molecule has 0 atom stereocenters. The molecule has 2 rings (SSSR count). The molecule has 18 heavy (non-hydrogen) atoms. The van der Waals surface area contributed by atoms with Gasteiger partial charge < -0.3 is 5.32 Å². The Morgan fingerprint density at radius 1 is 1.28 bits per heavy atom. The summed E-state index contributed by atoms with van der Waals surface area (Å²) in [5.41, 5.74) is 0.987. The number of hydrogen-bond donors (Lipinski definition) is 2. The van der Waals surface area contributed by atoms with E-state index in [1.54, 1.807) is 12.1 Å². The quantitative estimate of drug-likeness (QED) is 0.819. The number of carbonyl (C=O) groups excluding carboxylic acids is 1. The van der Waals surface area contributed by atoms with Crippen molar-refractivity contribution in [1.29, 1.82) is 0 Å². The first kappa shape index (κ1) is 13.0. The maximum atomic E-state index is 11.9. The minimum Gasteiger partial charge on any atom is -0.352 e. The van der Waals surface area contributed by atoms with Crippen LogP contribution in [0.25, 0.3) is 0 Å². The Kier molecular flexibility index (Phi) is 3.68. The maximum Gasteiger partial charge on any atom is 0.241 e. The molecule has 1 fully saturated rings. The highest BCUT2D eigenvalue weighted by atomic mass is 32.2. The molecule has 98 valence electrons. The SMILES string of the molecule is Cc1ccc(S(=O)(=O)NCC(=O)NC2CC2)cc1. The Labute approximate surface area is 107 Å². The molecule has 0 bridgehead atoms. The van der Waals surface area contributed by atoms with Gasteiger partial charge in [-0.15, -0.1) is 0 Å². The van der Waals surface area contributed by atoms with Gasteiger partial charge in [0.1, 0.15) is 0 Å². The van der Waals surface area contributed by atoms with Gasteiger partial charge in [0, 0.05) is 6.04 Å². The largest absolute Gasteiger partial charge is 0.352 e. The van der Waals surface area contributed by atoms with Gasteiger partial charge in [0.25, 0.3) is 0 Å². The van der Waals surface area contributed by atoms with Gasteiger partial charge in [-0.05, 0) is 31.9 Å². The molecule has 1 aliphatic carbocycles. The van der Waals surface area contributed by atoms with Crippen LogP contribution in [0, 0.1) is 6.92 Å². The maximum absolute atomic E-state index is 11.9. The van der Waals surface area contributed by atoms with Crippen LogP contribution in [-0.2, 0) is 14.8 Å². The molecule has 2 N–H and O–H groups in total. The highest BCUT2D eigenvalue weighted by molar-refractivity contribution is 7.89. The monoisotopic (exact) mass is 268 g/mol. The highest BCUT2D eigenvalue weighted by Gasteiger charge is 2.24. The lowest BCUT2D eigenvalue weighted by atomic mass is 10.2. The molecule has 1 aromatic rings. The van der Waals surface area contributed by atoms with Crippen molar-refractivity contribution in [3.05, 3.63) is 29.8 Å². The molecule has 0 radical (unpaired) electrons. The fraction of sp³-hybridized carbons (Fsp3) is 0.417. The van der Waals surface area contributed by atoms with Gasteiger partial charge >= 0.3 is 0 Å². The number of rotatable bonds is 5. The fourth-order valence-electron chi connectivity index (χ4n) is 1.47. The summed E-state index contributed by atoms with van der Waals surface area (Å²) >= 11 is 0. The highest BCUT2D eigenvalue weighted by Crippen LogP contribution is 2.18. The number of nitrogens with one attached hydrogen (secondary N) is 2. The number of hydrogen-bond acceptors (Lipinski definition) is 3. The molecule has 0 heterocycles. The van der Waals surface area contributed by atoms with Gasteiger partial charge in [0.2, 0.25) is 15.9 Å². The summed E-state index contributed by atoms with van der Waals surface area (Å²) in [6.45, 7) is 1.67. The zero-order valence-electron chi connectivity index (χ0n) is 10.1. The molecule has 0 aromatic heterocycles. The van der Waals surface area contributed by atoms with Crippen molar-refractivity contribution in [1.82, 2.24) is 10.0 Å². The van der Waals surface area contributed by atoms with Gasteiger partial charge in [-0.2, -0.15) is 0 Å². The molecule has 5 nitrogen and oxygen atoms in total. The Balaban J connectivity index is 1.94. The number of benzene rings is 1.